The number of rotatable bonds is 7. The van der Waals surface area contributed by atoms with Gasteiger partial charge in [0, 0.05) is 6.54 Å². The summed E-state index contributed by atoms with van der Waals surface area (Å²) in [5, 5.41) is 9.39. The quantitative estimate of drug-likeness (QED) is 0.589. The molecule has 1 unspecified atom stereocenters. The fourth-order valence-corrected chi connectivity index (χ4v) is 1.18. The molecule has 0 aliphatic heterocycles. The largest absolute Gasteiger partial charge is 0.393 e. The number of hydrogen-bond donors (Lipinski definition) is 1. The SMILES string of the molecule is C=CCC(O)CCN(CC)CC. The molecule has 0 saturated heterocycles. The smallest absolute Gasteiger partial charge is 0.0586 e. The summed E-state index contributed by atoms with van der Waals surface area (Å²) in [5.74, 6) is 0. The van der Waals surface area contributed by atoms with Gasteiger partial charge in [0.1, 0.15) is 0 Å². The molecular formula is C10H21NO. The van der Waals surface area contributed by atoms with E-state index in [9.17, 15) is 5.11 Å². The lowest BCUT2D eigenvalue weighted by atomic mass is 10.2. The molecule has 12 heavy (non-hydrogen) atoms. The molecule has 0 heterocycles. The lowest BCUT2D eigenvalue weighted by Gasteiger charge is -2.19. The molecule has 0 spiro atoms. The van der Waals surface area contributed by atoms with Gasteiger partial charge in [0.25, 0.3) is 0 Å². The van der Waals surface area contributed by atoms with E-state index in [2.05, 4.69) is 25.3 Å². The maximum atomic E-state index is 9.39. The van der Waals surface area contributed by atoms with Crippen LogP contribution in [0.25, 0.3) is 0 Å². The van der Waals surface area contributed by atoms with Crippen molar-refractivity contribution < 1.29 is 5.11 Å². The molecule has 2 nitrogen and oxygen atoms in total. The minimum Gasteiger partial charge on any atom is -0.393 e. The molecule has 2 heteroatoms. The van der Waals surface area contributed by atoms with Gasteiger partial charge in [-0.3, -0.25) is 0 Å². The van der Waals surface area contributed by atoms with Gasteiger partial charge in [-0.2, -0.15) is 0 Å². The molecule has 0 aliphatic rings. The van der Waals surface area contributed by atoms with Crippen molar-refractivity contribution in [3.05, 3.63) is 12.7 Å². The van der Waals surface area contributed by atoms with E-state index in [0.717, 1.165) is 26.1 Å². The van der Waals surface area contributed by atoms with Crippen LogP contribution in [0.15, 0.2) is 12.7 Å². The molecule has 0 aromatic heterocycles. The van der Waals surface area contributed by atoms with Crippen LogP contribution >= 0.6 is 0 Å². The molecule has 0 rings (SSSR count). The molecule has 1 atom stereocenters. The number of hydrogen-bond acceptors (Lipinski definition) is 2. The molecule has 0 aromatic rings. The molecule has 0 aromatic carbocycles. The minimum absolute atomic E-state index is 0.205. The first kappa shape index (κ1) is 11.7. The van der Waals surface area contributed by atoms with Gasteiger partial charge < -0.3 is 10.0 Å². The van der Waals surface area contributed by atoms with Crippen molar-refractivity contribution in [2.45, 2.75) is 32.8 Å². The van der Waals surface area contributed by atoms with E-state index in [-0.39, 0.29) is 6.10 Å². The lowest BCUT2D eigenvalue weighted by molar-refractivity contribution is 0.146. The van der Waals surface area contributed by atoms with E-state index in [1.54, 1.807) is 6.08 Å². The second-order valence-corrected chi connectivity index (χ2v) is 2.99. The van der Waals surface area contributed by atoms with Crippen molar-refractivity contribution >= 4 is 0 Å². The summed E-state index contributed by atoms with van der Waals surface area (Å²) in [6.45, 7) is 11.0. The van der Waals surface area contributed by atoms with Crippen LogP contribution < -0.4 is 0 Å². The fraction of sp³-hybridized carbons (Fsp3) is 0.800. The fourth-order valence-electron chi connectivity index (χ4n) is 1.18. The predicted molar refractivity (Wildman–Crippen MR) is 53.2 cm³/mol. The highest BCUT2D eigenvalue weighted by Gasteiger charge is 2.04. The summed E-state index contributed by atoms with van der Waals surface area (Å²) in [6, 6.07) is 0. The van der Waals surface area contributed by atoms with Gasteiger partial charge in [0.15, 0.2) is 0 Å². The molecule has 0 saturated carbocycles. The molecule has 0 radical (unpaired) electrons. The maximum absolute atomic E-state index is 9.39. The van der Waals surface area contributed by atoms with Gasteiger partial charge in [-0.1, -0.05) is 19.9 Å². The second-order valence-electron chi connectivity index (χ2n) is 2.99. The summed E-state index contributed by atoms with van der Waals surface area (Å²) in [4.78, 5) is 2.31. The Bertz CT molecular complexity index is 110. The van der Waals surface area contributed by atoms with Crippen molar-refractivity contribution in [3.63, 3.8) is 0 Å². The summed E-state index contributed by atoms with van der Waals surface area (Å²) in [5.41, 5.74) is 0. The normalized spacial score (nSPS) is 13.3. The van der Waals surface area contributed by atoms with Gasteiger partial charge >= 0.3 is 0 Å². The molecule has 0 amide bonds. The summed E-state index contributed by atoms with van der Waals surface area (Å²) in [7, 11) is 0. The van der Waals surface area contributed by atoms with Crippen molar-refractivity contribution in [2.24, 2.45) is 0 Å². The third-order valence-electron chi connectivity index (χ3n) is 2.11. The third-order valence-corrected chi connectivity index (χ3v) is 2.11. The molecular weight excluding hydrogens is 150 g/mol. The average molecular weight is 171 g/mol. The van der Waals surface area contributed by atoms with Gasteiger partial charge in [-0.15, -0.1) is 6.58 Å². The Hall–Kier alpha value is -0.340. The van der Waals surface area contributed by atoms with E-state index in [1.807, 2.05) is 0 Å². The second kappa shape index (κ2) is 7.32. The van der Waals surface area contributed by atoms with E-state index in [4.69, 9.17) is 0 Å². The molecule has 1 N–H and O–H groups in total. The number of aliphatic hydroxyl groups excluding tert-OH is 1. The Labute approximate surface area is 75.9 Å². The first-order valence-corrected chi connectivity index (χ1v) is 4.75. The van der Waals surface area contributed by atoms with Gasteiger partial charge in [-0.25, -0.2) is 0 Å². The van der Waals surface area contributed by atoms with Crippen molar-refractivity contribution in [1.82, 2.24) is 4.90 Å². The van der Waals surface area contributed by atoms with Gasteiger partial charge in [0.2, 0.25) is 0 Å². The van der Waals surface area contributed by atoms with E-state index in [0.29, 0.717) is 6.42 Å². The Kier molecular flexibility index (Phi) is 7.11. The molecule has 0 aliphatic carbocycles. The number of aliphatic hydroxyl groups is 1. The molecule has 72 valence electrons. The first-order chi connectivity index (χ1) is 5.74. The highest BCUT2D eigenvalue weighted by atomic mass is 16.3. The zero-order valence-electron chi connectivity index (χ0n) is 8.29. The van der Waals surface area contributed by atoms with Crippen LogP contribution in [-0.2, 0) is 0 Å². The van der Waals surface area contributed by atoms with Crippen molar-refractivity contribution in [2.75, 3.05) is 19.6 Å². The minimum atomic E-state index is -0.205. The Morgan fingerprint density at radius 3 is 2.42 bits per heavy atom. The Morgan fingerprint density at radius 1 is 1.42 bits per heavy atom. The monoisotopic (exact) mass is 171 g/mol. The lowest BCUT2D eigenvalue weighted by Crippen LogP contribution is -2.26. The number of nitrogens with zero attached hydrogens (tertiary/aromatic N) is 1. The third kappa shape index (κ3) is 5.33. The summed E-state index contributed by atoms with van der Waals surface area (Å²) >= 11 is 0. The maximum Gasteiger partial charge on any atom is 0.0586 e. The van der Waals surface area contributed by atoms with Crippen molar-refractivity contribution in [3.8, 4) is 0 Å². The van der Waals surface area contributed by atoms with Gasteiger partial charge in [0.05, 0.1) is 6.10 Å². The van der Waals surface area contributed by atoms with E-state index >= 15 is 0 Å². The zero-order chi connectivity index (χ0) is 9.40. The van der Waals surface area contributed by atoms with Crippen LogP contribution in [0.1, 0.15) is 26.7 Å². The van der Waals surface area contributed by atoms with Crippen LogP contribution in [0.2, 0.25) is 0 Å². The zero-order valence-corrected chi connectivity index (χ0v) is 8.29. The van der Waals surface area contributed by atoms with Crippen molar-refractivity contribution in [1.29, 1.82) is 0 Å². The van der Waals surface area contributed by atoms with Crippen LogP contribution in [0.3, 0.4) is 0 Å². The summed E-state index contributed by atoms with van der Waals surface area (Å²) in [6.07, 6.45) is 3.13. The van der Waals surface area contributed by atoms with Crippen LogP contribution in [-0.4, -0.2) is 35.7 Å². The Morgan fingerprint density at radius 2 is 2.00 bits per heavy atom. The highest BCUT2D eigenvalue weighted by molar-refractivity contribution is 4.72. The summed E-state index contributed by atoms with van der Waals surface area (Å²) < 4.78 is 0. The average Bonchev–Trinajstić information content (AvgIpc) is 2.07. The standard InChI is InChI=1S/C10H21NO/c1-4-7-10(12)8-9-11(5-2)6-3/h4,10,12H,1,5-9H2,2-3H3. The molecule has 0 fully saturated rings. The van der Waals surface area contributed by atoms with Crippen LogP contribution in [0.4, 0.5) is 0 Å². The first-order valence-electron chi connectivity index (χ1n) is 4.75. The highest BCUT2D eigenvalue weighted by Crippen LogP contribution is 2.00. The topological polar surface area (TPSA) is 23.5 Å². The van der Waals surface area contributed by atoms with Crippen LogP contribution in [0, 0.1) is 0 Å². The van der Waals surface area contributed by atoms with E-state index < -0.39 is 0 Å². The van der Waals surface area contributed by atoms with Crippen LogP contribution in [0.5, 0.6) is 0 Å². The van der Waals surface area contributed by atoms with Gasteiger partial charge in [-0.05, 0) is 25.9 Å². The van der Waals surface area contributed by atoms with E-state index in [1.165, 1.54) is 0 Å². The predicted octanol–water partition coefficient (Wildman–Crippen LogP) is 1.66. The Balaban J connectivity index is 3.43. The molecule has 0 bridgehead atoms.